The summed E-state index contributed by atoms with van der Waals surface area (Å²) < 4.78 is 16.1. The first-order valence-corrected chi connectivity index (χ1v) is 9.86. The van der Waals surface area contributed by atoms with Crippen LogP contribution in [0.4, 0.5) is 0 Å². The molecule has 1 aromatic rings. The van der Waals surface area contributed by atoms with Crippen molar-refractivity contribution in [3.05, 3.63) is 46.2 Å². The lowest BCUT2D eigenvalue weighted by atomic mass is 9.70. The zero-order chi connectivity index (χ0) is 21.3. The highest BCUT2D eigenvalue weighted by Crippen LogP contribution is 2.45. The summed E-state index contributed by atoms with van der Waals surface area (Å²) in [6.07, 6.45) is 1.18. The highest BCUT2D eigenvalue weighted by molar-refractivity contribution is 6.12. The van der Waals surface area contributed by atoms with Crippen molar-refractivity contribution >= 4 is 17.7 Å². The summed E-state index contributed by atoms with van der Waals surface area (Å²) in [6.45, 7) is 7.63. The summed E-state index contributed by atoms with van der Waals surface area (Å²) in [6, 6.07) is 3.55. The van der Waals surface area contributed by atoms with Crippen LogP contribution in [0.5, 0.6) is 0 Å². The number of hydrogen-bond acceptors (Lipinski definition) is 7. The molecule has 0 radical (unpaired) electrons. The number of methoxy groups -OCH3 is 1. The first kappa shape index (κ1) is 20.9. The van der Waals surface area contributed by atoms with Gasteiger partial charge in [0, 0.05) is 17.0 Å². The topological polar surface area (TPSA) is 94.8 Å². The molecule has 0 aromatic carbocycles. The van der Waals surface area contributed by atoms with Gasteiger partial charge in [-0.15, -0.1) is 0 Å². The monoisotopic (exact) mass is 401 g/mol. The van der Waals surface area contributed by atoms with Gasteiger partial charge in [0.25, 0.3) is 0 Å². The molecule has 0 saturated heterocycles. The van der Waals surface area contributed by atoms with E-state index < -0.39 is 23.8 Å². The molecule has 3 unspecified atom stereocenters. The van der Waals surface area contributed by atoms with Crippen LogP contribution in [0.25, 0.3) is 0 Å². The minimum absolute atomic E-state index is 0.221. The van der Waals surface area contributed by atoms with E-state index in [-0.39, 0.29) is 18.3 Å². The van der Waals surface area contributed by atoms with Gasteiger partial charge in [-0.3, -0.25) is 9.59 Å². The van der Waals surface area contributed by atoms with E-state index in [4.69, 9.17) is 13.9 Å². The quantitative estimate of drug-likeness (QED) is 0.598. The van der Waals surface area contributed by atoms with Crippen LogP contribution >= 0.6 is 0 Å². The fourth-order valence-electron chi connectivity index (χ4n) is 4.12. The highest BCUT2D eigenvalue weighted by atomic mass is 16.5. The molecule has 3 rings (SSSR count). The van der Waals surface area contributed by atoms with Gasteiger partial charge in [-0.2, -0.15) is 0 Å². The Bertz CT molecular complexity index is 906. The molecule has 1 aromatic heterocycles. The summed E-state index contributed by atoms with van der Waals surface area (Å²) >= 11 is 0. The predicted octanol–water partition coefficient (Wildman–Crippen LogP) is 3.15. The summed E-state index contributed by atoms with van der Waals surface area (Å²) in [5, 5.41) is 3.21. The van der Waals surface area contributed by atoms with E-state index in [0.717, 1.165) is 0 Å². The molecule has 0 saturated carbocycles. The average Bonchev–Trinajstić information content (AvgIpc) is 3.10. The van der Waals surface area contributed by atoms with Gasteiger partial charge in [-0.25, -0.2) is 4.79 Å². The average molecular weight is 401 g/mol. The molecule has 0 fully saturated rings. The third kappa shape index (κ3) is 3.73. The number of nitrogens with one attached hydrogen (secondary N) is 1. The van der Waals surface area contributed by atoms with Gasteiger partial charge < -0.3 is 19.2 Å². The third-order valence-electron chi connectivity index (χ3n) is 5.45. The SMILES string of the molecule is CCCOC(=O)C1=C(C)NC2=C(C(=O)C(C(=O)OC)C(C)C2)C1c1ccc(C)o1. The first-order valence-electron chi connectivity index (χ1n) is 9.86. The number of esters is 2. The van der Waals surface area contributed by atoms with Crippen LogP contribution in [-0.2, 0) is 23.9 Å². The Labute approximate surface area is 170 Å². The van der Waals surface area contributed by atoms with Crippen molar-refractivity contribution in [1.82, 2.24) is 5.32 Å². The van der Waals surface area contributed by atoms with Gasteiger partial charge in [-0.05, 0) is 44.7 Å². The van der Waals surface area contributed by atoms with Crippen LogP contribution in [-0.4, -0.2) is 31.4 Å². The van der Waals surface area contributed by atoms with E-state index in [9.17, 15) is 14.4 Å². The normalized spacial score (nSPS) is 24.2. The highest BCUT2D eigenvalue weighted by Gasteiger charge is 2.48. The van der Waals surface area contributed by atoms with Gasteiger partial charge >= 0.3 is 11.9 Å². The number of ketones is 1. The second-order valence-electron chi connectivity index (χ2n) is 7.62. The molecule has 0 bridgehead atoms. The molecule has 1 aliphatic heterocycles. The van der Waals surface area contributed by atoms with Crippen LogP contribution in [0.2, 0.25) is 0 Å². The lowest BCUT2D eigenvalue weighted by Crippen LogP contribution is -2.43. The van der Waals surface area contributed by atoms with Crippen LogP contribution in [0, 0.1) is 18.8 Å². The molecular weight excluding hydrogens is 374 g/mol. The number of hydrogen-bond donors (Lipinski definition) is 1. The summed E-state index contributed by atoms with van der Waals surface area (Å²) in [7, 11) is 1.27. The van der Waals surface area contributed by atoms with Crippen LogP contribution in [0.3, 0.4) is 0 Å². The van der Waals surface area contributed by atoms with Crippen molar-refractivity contribution in [2.45, 2.75) is 46.5 Å². The number of Topliss-reactive ketones (excluding diaryl/α,β-unsaturated/α-hetero) is 1. The Hall–Kier alpha value is -2.83. The number of carbonyl (C=O) groups excluding carboxylic acids is 3. The maximum atomic E-state index is 13.4. The molecule has 156 valence electrons. The summed E-state index contributed by atoms with van der Waals surface area (Å²) in [5.41, 5.74) is 2.05. The number of carbonyl (C=O) groups is 3. The van der Waals surface area contributed by atoms with Crippen molar-refractivity contribution in [2.75, 3.05) is 13.7 Å². The molecule has 2 aliphatic rings. The fraction of sp³-hybridized carbons (Fsp3) is 0.500. The van der Waals surface area contributed by atoms with E-state index in [1.54, 1.807) is 26.0 Å². The standard InChI is InChI=1S/C22H27NO6/c1-6-9-28-22(26)17-13(4)23-14-10-11(2)16(21(25)27-5)20(24)18(14)19(17)15-8-7-12(3)29-15/h7-8,11,16,19,23H,6,9-10H2,1-5H3. The van der Waals surface area contributed by atoms with E-state index in [2.05, 4.69) is 5.32 Å². The molecule has 1 aliphatic carbocycles. The van der Waals surface area contributed by atoms with Crippen molar-refractivity contribution in [1.29, 1.82) is 0 Å². The van der Waals surface area contributed by atoms with E-state index in [1.165, 1.54) is 7.11 Å². The van der Waals surface area contributed by atoms with Gasteiger partial charge in [0.05, 0.1) is 25.2 Å². The van der Waals surface area contributed by atoms with E-state index >= 15 is 0 Å². The van der Waals surface area contributed by atoms with Crippen LogP contribution in [0.15, 0.2) is 39.1 Å². The number of dihydropyridines is 1. The van der Waals surface area contributed by atoms with E-state index in [0.29, 0.717) is 46.9 Å². The lowest BCUT2D eigenvalue weighted by Gasteiger charge is -2.37. The number of aryl methyl sites for hydroxylation is 1. The molecule has 29 heavy (non-hydrogen) atoms. The number of rotatable bonds is 5. The van der Waals surface area contributed by atoms with Gasteiger partial charge in [0.15, 0.2) is 5.78 Å². The largest absolute Gasteiger partial charge is 0.468 e. The first-order chi connectivity index (χ1) is 13.8. The lowest BCUT2D eigenvalue weighted by molar-refractivity contribution is -0.151. The zero-order valence-corrected chi connectivity index (χ0v) is 17.5. The molecule has 0 spiro atoms. The Morgan fingerprint density at radius 2 is 2.00 bits per heavy atom. The number of allylic oxidation sites excluding steroid dienone is 3. The minimum Gasteiger partial charge on any atom is -0.468 e. The minimum atomic E-state index is -0.912. The van der Waals surface area contributed by atoms with Gasteiger partial charge in [0.1, 0.15) is 17.4 Å². The van der Waals surface area contributed by atoms with Crippen molar-refractivity contribution in [2.24, 2.45) is 11.8 Å². The van der Waals surface area contributed by atoms with Crippen molar-refractivity contribution in [3.63, 3.8) is 0 Å². The van der Waals surface area contributed by atoms with Gasteiger partial charge in [0.2, 0.25) is 0 Å². The van der Waals surface area contributed by atoms with Crippen LogP contribution < -0.4 is 5.32 Å². The second kappa shape index (κ2) is 8.27. The number of furan rings is 1. The molecule has 3 atom stereocenters. The molecule has 7 heteroatoms. The molecule has 0 amide bonds. The zero-order valence-electron chi connectivity index (χ0n) is 17.5. The van der Waals surface area contributed by atoms with Crippen molar-refractivity contribution < 1.29 is 28.3 Å². The Morgan fingerprint density at radius 1 is 1.28 bits per heavy atom. The molecule has 2 heterocycles. The maximum Gasteiger partial charge on any atom is 0.336 e. The third-order valence-corrected chi connectivity index (χ3v) is 5.45. The summed E-state index contributed by atoms with van der Waals surface area (Å²) in [4.78, 5) is 38.6. The molecule has 7 nitrogen and oxygen atoms in total. The molecular formula is C22H27NO6. The fourth-order valence-corrected chi connectivity index (χ4v) is 4.12. The van der Waals surface area contributed by atoms with Crippen molar-refractivity contribution in [3.8, 4) is 0 Å². The molecule has 1 N–H and O–H groups in total. The smallest absolute Gasteiger partial charge is 0.336 e. The van der Waals surface area contributed by atoms with Gasteiger partial charge in [-0.1, -0.05) is 13.8 Å². The van der Waals surface area contributed by atoms with E-state index in [1.807, 2.05) is 13.8 Å². The summed E-state index contributed by atoms with van der Waals surface area (Å²) in [5.74, 6) is -2.12. The Morgan fingerprint density at radius 3 is 2.59 bits per heavy atom. The number of ether oxygens (including phenoxy) is 2. The Kier molecular flexibility index (Phi) is 5.96. The maximum absolute atomic E-state index is 13.4. The Balaban J connectivity index is 2.13. The predicted molar refractivity (Wildman–Crippen MR) is 105 cm³/mol. The second-order valence-corrected chi connectivity index (χ2v) is 7.62. The van der Waals surface area contributed by atoms with Crippen LogP contribution in [0.1, 0.15) is 51.1 Å².